The molecule has 0 spiro atoms. The van der Waals surface area contributed by atoms with Gasteiger partial charge in [-0.05, 0) is 24.9 Å². The van der Waals surface area contributed by atoms with Crippen LogP contribution in [0.15, 0.2) is 41.9 Å². The monoisotopic (exact) mass is 355 g/mol. The lowest BCUT2D eigenvalue weighted by molar-refractivity contribution is -0.118. The minimum atomic E-state index is -1.37. The number of rotatable bonds is 4. The lowest BCUT2D eigenvalue weighted by Crippen LogP contribution is -2.46. The molecule has 2 heterocycles. The fourth-order valence-corrected chi connectivity index (χ4v) is 3.39. The molecule has 1 atom stereocenters. The zero-order chi connectivity index (χ0) is 15.4. The molecule has 1 N–H and O–H groups in total. The average Bonchev–Trinajstić information content (AvgIpc) is 3.01. The van der Waals surface area contributed by atoms with Gasteiger partial charge >= 0.3 is 0 Å². The molecule has 1 fully saturated rings. The van der Waals surface area contributed by atoms with Gasteiger partial charge in [-0.3, -0.25) is 9.69 Å². The highest BCUT2D eigenvalue weighted by Crippen LogP contribution is 2.35. The molecule has 0 saturated carbocycles. The highest BCUT2D eigenvalue weighted by atomic mass is 35.5. The Morgan fingerprint density at radius 3 is 2.87 bits per heavy atom. The van der Waals surface area contributed by atoms with E-state index in [4.69, 9.17) is 0 Å². The minimum Gasteiger partial charge on any atom is -0.301 e. The Morgan fingerprint density at radius 1 is 1.39 bits per heavy atom. The first-order valence-electron chi connectivity index (χ1n) is 7.32. The van der Waals surface area contributed by atoms with Gasteiger partial charge in [0.05, 0.1) is 6.54 Å². The van der Waals surface area contributed by atoms with E-state index in [-0.39, 0.29) is 31.4 Å². The van der Waals surface area contributed by atoms with Crippen LogP contribution in [0.25, 0.3) is 0 Å². The maximum absolute atomic E-state index is 15.2. The Labute approximate surface area is 145 Å². The second kappa shape index (κ2) is 7.86. The van der Waals surface area contributed by atoms with Crippen LogP contribution in [0.5, 0.6) is 0 Å². The van der Waals surface area contributed by atoms with Gasteiger partial charge in [-0.15, -0.1) is 23.7 Å². The van der Waals surface area contributed by atoms with Gasteiger partial charge in [0, 0.05) is 18.1 Å². The number of nitrogens with zero attached hydrogens (tertiary/aromatic N) is 2. The highest BCUT2D eigenvalue weighted by molar-refractivity contribution is 7.13. The summed E-state index contributed by atoms with van der Waals surface area (Å²) in [6.07, 6.45) is 2.89. The van der Waals surface area contributed by atoms with Gasteiger partial charge in [-0.1, -0.05) is 30.3 Å². The fraction of sp³-hybridized carbons (Fsp3) is 0.375. The first kappa shape index (κ1) is 17.8. The number of likely N-dealkylation sites (tertiary alicyclic amines) is 1. The van der Waals surface area contributed by atoms with Crippen molar-refractivity contribution in [3.63, 3.8) is 0 Å². The molecule has 7 heteroatoms. The quantitative estimate of drug-likeness (QED) is 0.913. The highest BCUT2D eigenvalue weighted by Gasteiger charge is 2.37. The van der Waals surface area contributed by atoms with Crippen LogP contribution in [0.4, 0.5) is 9.52 Å². The van der Waals surface area contributed by atoms with Gasteiger partial charge in [0.25, 0.3) is 0 Å². The maximum atomic E-state index is 15.2. The van der Waals surface area contributed by atoms with Crippen LogP contribution in [-0.2, 0) is 10.5 Å². The summed E-state index contributed by atoms with van der Waals surface area (Å²) in [5.74, 6) is -0.146. The van der Waals surface area contributed by atoms with Gasteiger partial charge in [0.15, 0.2) is 5.13 Å². The Bertz CT molecular complexity index is 626. The lowest BCUT2D eigenvalue weighted by Gasteiger charge is -2.37. The number of benzene rings is 1. The van der Waals surface area contributed by atoms with Crippen molar-refractivity contribution in [2.45, 2.75) is 18.5 Å². The van der Waals surface area contributed by atoms with Gasteiger partial charge in [-0.2, -0.15) is 0 Å². The van der Waals surface area contributed by atoms with Crippen molar-refractivity contribution in [2.75, 3.05) is 25.0 Å². The molecular formula is C16H19ClFN3OS. The van der Waals surface area contributed by atoms with E-state index in [1.54, 1.807) is 11.6 Å². The average molecular weight is 356 g/mol. The van der Waals surface area contributed by atoms with Crippen LogP contribution in [-0.4, -0.2) is 35.4 Å². The van der Waals surface area contributed by atoms with E-state index >= 15 is 4.39 Å². The normalized spacial score (nSPS) is 21.4. The summed E-state index contributed by atoms with van der Waals surface area (Å²) < 4.78 is 15.2. The molecule has 1 aliphatic rings. The SMILES string of the molecule is Cl.O=C(CN1CCCC(F)(c2ccccc2)C1)Nc1nccs1. The van der Waals surface area contributed by atoms with Crippen molar-refractivity contribution >= 4 is 34.8 Å². The van der Waals surface area contributed by atoms with Crippen molar-refractivity contribution in [3.05, 3.63) is 47.5 Å². The van der Waals surface area contributed by atoms with E-state index in [1.807, 2.05) is 35.2 Å². The summed E-state index contributed by atoms with van der Waals surface area (Å²) in [4.78, 5) is 17.9. The van der Waals surface area contributed by atoms with E-state index in [1.165, 1.54) is 11.3 Å². The molecule has 1 amide bonds. The predicted molar refractivity (Wildman–Crippen MR) is 92.9 cm³/mol. The minimum absolute atomic E-state index is 0. The molecule has 4 nitrogen and oxygen atoms in total. The second-order valence-corrected chi connectivity index (χ2v) is 6.43. The molecule has 124 valence electrons. The van der Waals surface area contributed by atoms with Gasteiger partial charge in [0.2, 0.25) is 5.91 Å². The Morgan fingerprint density at radius 2 is 2.17 bits per heavy atom. The van der Waals surface area contributed by atoms with E-state index < -0.39 is 5.67 Å². The summed E-state index contributed by atoms with van der Waals surface area (Å²) >= 11 is 1.37. The Hall–Kier alpha value is -1.50. The number of carbonyl (C=O) groups excluding carboxylic acids is 1. The van der Waals surface area contributed by atoms with Crippen LogP contribution < -0.4 is 5.32 Å². The van der Waals surface area contributed by atoms with Crippen LogP contribution in [0.1, 0.15) is 18.4 Å². The van der Waals surface area contributed by atoms with Crippen LogP contribution in [0, 0.1) is 0 Å². The summed E-state index contributed by atoms with van der Waals surface area (Å²) in [5.41, 5.74) is -0.680. The van der Waals surface area contributed by atoms with Crippen molar-refractivity contribution in [2.24, 2.45) is 0 Å². The number of aromatic nitrogens is 1. The number of piperidine rings is 1. The van der Waals surface area contributed by atoms with Crippen LogP contribution >= 0.6 is 23.7 Å². The number of anilines is 1. The number of thiazole rings is 1. The van der Waals surface area contributed by atoms with Crippen LogP contribution in [0.3, 0.4) is 0 Å². The number of hydrogen-bond acceptors (Lipinski definition) is 4. The van der Waals surface area contributed by atoms with Crippen molar-refractivity contribution in [1.29, 1.82) is 0 Å². The molecule has 1 aromatic carbocycles. The summed E-state index contributed by atoms with van der Waals surface area (Å²) in [6, 6.07) is 9.22. The zero-order valence-electron chi connectivity index (χ0n) is 12.6. The van der Waals surface area contributed by atoms with Gasteiger partial charge in [-0.25, -0.2) is 9.37 Å². The third kappa shape index (κ3) is 4.50. The number of nitrogens with one attached hydrogen (secondary N) is 1. The first-order chi connectivity index (χ1) is 10.7. The standard InChI is InChI=1S/C16H18FN3OS.ClH/c17-16(13-5-2-1-3-6-13)7-4-9-20(12-16)11-14(21)19-15-18-8-10-22-15;/h1-3,5-6,8,10H,4,7,9,11-12H2,(H,18,19,21);1H. The number of hydrogen-bond donors (Lipinski definition) is 1. The largest absolute Gasteiger partial charge is 0.301 e. The first-order valence-corrected chi connectivity index (χ1v) is 8.20. The number of carbonyl (C=O) groups is 1. The van der Waals surface area contributed by atoms with Gasteiger partial charge < -0.3 is 5.32 Å². The third-order valence-electron chi connectivity index (χ3n) is 3.86. The molecule has 1 saturated heterocycles. The molecule has 1 aromatic heterocycles. The molecule has 3 rings (SSSR count). The summed E-state index contributed by atoms with van der Waals surface area (Å²) in [6.45, 7) is 1.18. The zero-order valence-corrected chi connectivity index (χ0v) is 14.2. The Kier molecular flexibility index (Phi) is 6.10. The molecule has 1 aliphatic heterocycles. The fourth-order valence-electron chi connectivity index (χ4n) is 2.85. The second-order valence-electron chi connectivity index (χ2n) is 5.53. The van der Waals surface area contributed by atoms with E-state index in [0.29, 0.717) is 17.1 Å². The predicted octanol–water partition coefficient (Wildman–Crippen LogP) is 3.46. The maximum Gasteiger partial charge on any atom is 0.240 e. The van der Waals surface area contributed by atoms with Crippen molar-refractivity contribution < 1.29 is 9.18 Å². The van der Waals surface area contributed by atoms with E-state index in [0.717, 1.165) is 13.0 Å². The molecule has 0 aliphatic carbocycles. The number of alkyl halides is 1. The van der Waals surface area contributed by atoms with Crippen molar-refractivity contribution in [3.8, 4) is 0 Å². The van der Waals surface area contributed by atoms with E-state index in [2.05, 4.69) is 10.3 Å². The lowest BCUT2D eigenvalue weighted by atomic mass is 9.87. The summed E-state index contributed by atoms with van der Waals surface area (Å²) in [7, 11) is 0. The summed E-state index contributed by atoms with van der Waals surface area (Å²) in [5, 5.41) is 5.12. The smallest absolute Gasteiger partial charge is 0.240 e. The van der Waals surface area contributed by atoms with Crippen molar-refractivity contribution in [1.82, 2.24) is 9.88 Å². The molecule has 1 unspecified atom stereocenters. The van der Waals surface area contributed by atoms with Gasteiger partial charge in [0.1, 0.15) is 5.67 Å². The third-order valence-corrected chi connectivity index (χ3v) is 4.55. The molecular weight excluding hydrogens is 337 g/mol. The molecule has 0 bridgehead atoms. The molecule has 23 heavy (non-hydrogen) atoms. The topological polar surface area (TPSA) is 45.2 Å². The molecule has 2 aromatic rings. The van der Waals surface area contributed by atoms with Crippen LogP contribution in [0.2, 0.25) is 0 Å². The number of halogens is 2. The number of amides is 1. The Balaban J connectivity index is 0.00000192. The molecule has 0 radical (unpaired) electrons. The van der Waals surface area contributed by atoms with E-state index in [9.17, 15) is 4.79 Å².